The van der Waals surface area contributed by atoms with Gasteiger partial charge in [0.2, 0.25) is 5.91 Å². The molecule has 1 saturated heterocycles. The van der Waals surface area contributed by atoms with E-state index in [1.54, 1.807) is 22.5 Å². The Balaban J connectivity index is 1.25. The average Bonchev–Trinajstić information content (AvgIpc) is 3.36. The Bertz CT molecular complexity index is 955. The fourth-order valence-electron chi connectivity index (χ4n) is 4.28. The van der Waals surface area contributed by atoms with E-state index in [0.717, 1.165) is 60.3 Å². The van der Waals surface area contributed by atoms with Crippen molar-refractivity contribution < 1.29 is 4.79 Å². The molecule has 2 aromatic rings. The molecule has 0 aromatic carbocycles. The van der Waals surface area contributed by atoms with Crippen LogP contribution in [0.5, 0.6) is 0 Å². The van der Waals surface area contributed by atoms with E-state index in [2.05, 4.69) is 20.1 Å². The Morgan fingerprint density at radius 2 is 2.07 bits per heavy atom. The lowest BCUT2D eigenvalue weighted by molar-refractivity contribution is -0.132. The summed E-state index contributed by atoms with van der Waals surface area (Å²) in [6, 6.07) is 3.73. The van der Waals surface area contributed by atoms with Crippen LogP contribution in [-0.4, -0.2) is 62.5 Å². The van der Waals surface area contributed by atoms with Crippen molar-refractivity contribution in [3.8, 4) is 0 Å². The van der Waals surface area contributed by atoms with Gasteiger partial charge < -0.3 is 9.80 Å². The van der Waals surface area contributed by atoms with Crippen LogP contribution in [0.4, 0.5) is 5.82 Å². The Morgan fingerprint density at radius 3 is 2.86 bits per heavy atom. The molecule has 0 radical (unpaired) electrons. The Labute approximate surface area is 167 Å². The molecule has 0 bridgehead atoms. The number of nitrogens with zero attached hydrogens (tertiary/aromatic N) is 6. The molecule has 9 heteroatoms. The summed E-state index contributed by atoms with van der Waals surface area (Å²) < 4.78 is 1.78. The lowest BCUT2D eigenvalue weighted by atomic mass is 10.1. The van der Waals surface area contributed by atoms with E-state index in [1.165, 1.54) is 0 Å². The Morgan fingerprint density at radius 1 is 1.21 bits per heavy atom. The van der Waals surface area contributed by atoms with Crippen LogP contribution in [0.3, 0.4) is 0 Å². The maximum atomic E-state index is 12.9. The van der Waals surface area contributed by atoms with E-state index >= 15 is 0 Å². The number of rotatable bonds is 3. The molecule has 28 heavy (non-hydrogen) atoms. The van der Waals surface area contributed by atoms with E-state index in [4.69, 9.17) is 0 Å². The van der Waals surface area contributed by atoms with Gasteiger partial charge in [-0.15, -0.1) is 5.10 Å². The first-order valence-corrected chi connectivity index (χ1v) is 10.8. The predicted molar refractivity (Wildman–Crippen MR) is 106 cm³/mol. The Kier molecular flexibility index (Phi) is 4.54. The van der Waals surface area contributed by atoms with Gasteiger partial charge >= 0.3 is 0 Å². The fourth-order valence-corrected chi connectivity index (χ4v) is 5.43. The third-order valence-electron chi connectivity index (χ3n) is 5.80. The van der Waals surface area contributed by atoms with E-state index in [-0.39, 0.29) is 17.5 Å². The molecule has 0 saturated carbocycles. The van der Waals surface area contributed by atoms with Gasteiger partial charge in [0.15, 0.2) is 11.0 Å². The van der Waals surface area contributed by atoms with Crippen molar-refractivity contribution in [2.24, 2.45) is 0 Å². The molecule has 1 unspecified atom stereocenters. The molecule has 146 valence electrons. The zero-order chi connectivity index (χ0) is 19.1. The number of carbonyl (C=O) groups excluding carboxylic acids is 1. The number of aromatic nitrogens is 4. The minimum Gasteiger partial charge on any atom is -0.352 e. The molecule has 1 atom stereocenters. The monoisotopic (exact) mass is 398 g/mol. The van der Waals surface area contributed by atoms with Crippen molar-refractivity contribution in [3.05, 3.63) is 39.9 Å². The summed E-state index contributed by atoms with van der Waals surface area (Å²) in [7, 11) is 0. The molecule has 5 rings (SSSR count). The zero-order valence-electron chi connectivity index (χ0n) is 15.6. The van der Waals surface area contributed by atoms with Gasteiger partial charge in [0.1, 0.15) is 0 Å². The minimum absolute atomic E-state index is 0.0766. The first-order valence-electron chi connectivity index (χ1n) is 9.78. The fraction of sp³-hybridized carbons (Fsp3) is 0.526. The number of anilines is 1. The van der Waals surface area contributed by atoms with Gasteiger partial charge in [-0.1, -0.05) is 11.8 Å². The van der Waals surface area contributed by atoms with Crippen molar-refractivity contribution in [3.63, 3.8) is 0 Å². The molecule has 8 nitrogen and oxygen atoms in total. The summed E-state index contributed by atoms with van der Waals surface area (Å²) in [4.78, 5) is 34.5. The highest BCUT2D eigenvalue weighted by molar-refractivity contribution is 7.99. The van der Waals surface area contributed by atoms with Crippen LogP contribution >= 0.6 is 11.8 Å². The molecular weight excluding hydrogens is 376 g/mol. The van der Waals surface area contributed by atoms with E-state index in [0.29, 0.717) is 19.5 Å². The van der Waals surface area contributed by atoms with E-state index < -0.39 is 0 Å². The minimum atomic E-state index is -0.0866. The normalized spacial score (nSPS) is 20.9. The van der Waals surface area contributed by atoms with Crippen LogP contribution in [0.25, 0.3) is 0 Å². The van der Waals surface area contributed by atoms with Crippen molar-refractivity contribution in [2.75, 3.05) is 36.8 Å². The van der Waals surface area contributed by atoms with Gasteiger partial charge in [0.25, 0.3) is 5.56 Å². The molecule has 4 heterocycles. The summed E-state index contributed by atoms with van der Waals surface area (Å²) in [5, 5.41) is 8.86. The first kappa shape index (κ1) is 17.7. The molecule has 1 amide bonds. The van der Waals surface area contributed by atoms with Crippen molar-refractivity contribution in [1.29, 1.82) is 0 Å². The average molecular weight is 398 g/mol. The lowest BCUT2D eigenvalue weighted by Crippen LogP contribution is -2.49. The van der Waals surface area contributed by atoms with Crippen molar-refractivity contribution in [1.82, 2.24) is 24.6 Å². The number of fused-ring (bicyclic) bond motifs is 2. The number of hydrogen-bond donors (Lipinski definition) is 0. The SMILES string of the molecule is O=C(CC1CSc2nc3c(c(=O)n21)CCC3)N1CCN(c2cccnn2)CC1. The smallest absolute Gasteiger partial charge is 0.257 e. The van der Waals surface area contributed by atoms with Crippen molar-refractivity contribution >= 4 is 23.5 Å². The summed E-state index contributed by atoms with van der Waals surface area (Å²) in [5.74, 6) is 1.71. The number of piperazine rings is 1. The van der Waals surface area contributed by atoms with Gasteiger partial charge in [-0.25, -0.2) is 4.98 Å². The van der Waals surface area contributed by atoms with E-state index in [9.17, 15) is 9.59 Å². The van der Waals surface area contributed by atoms with Gasteiger partial charge in [-0.2, -0.15) is 5.10 Å². The Hall–Kier alpha value is -2.42. The highest BCUT2D eigenvalue weighted by Gasteiger charge is 2.32. The quantitative estimate of drug-likeness (QED) is 0.711. The second kappa shape index (κ2) is 7.20. The largest absolute Gasteiger partial charge is 0.352 e. The molecule has 1 fully saturated rings. The third-order valence-corrected chi connectivity index (χ3v) is 6.89. The summed E-state index contributed by atoms with van der Waals surface area (Å²) in [6.45, 7) is 2.82. The second-order valence-electron chi connectivity index (χ2n) is 7.47. The van der Waals surface area contributed by atoms with Crippen LogP contribution in [-0.2, 0) is 17.6 Å². The van der Waals surface area contributed by atoms with Gasteiger partial charge in [-0.05, 0) is 31.4 Å². The number of aryl methyl sites for hydroxylation is 1. The highest BCUT2D eigenvalue weighted by Crippen LogP contribution is 2.34. The summed E-state index contributed by atoms with van der Waals surface area (Å²) >= 11 is 1.60. The summed E-state index contributed by atoms with van der Waals surface area (Å²) in [5.41, 5.74) is 1.91. The van der Waals surface area contributed by atoms with Crippen LogP contribution in [0.2, 0.25) is 0 Å². The van der Waals surface area contributed by atoms with Crippen LogP contribution in [0.15, 0.2) is 28.3 Å². The maximum Gasteiger partial charge on any atom is 0.257 e. The second-order valence-corrected chi connectivity index (χ2v) is 8.45. The molecule has 0 N–H and O–H groups in total. The molecule has 0 spiro atoms. The predicted octanol–water partition coefficient (Wildman–Crippen LogP) is 0.908. The van der Waals surface area contributed by atoms with Crippen LogP contribution in [0, 0.1) is 0 Å². The van der Waals surface area contributed by atoms with E-state index in [1.807, 2.05) is 17.0 Å². The molecule has 3 aliphatic rings. The van der Waals surface area contributed by atoms with Gasteiger partial charge in [0, 0.05) is 50.1 Å². The number of amides is 1. The number of hydrogen-bond acceptors (Lipinski definition) is 7. The topological polar surface area (TPSA) is 84.2 Å². The van der Waals surface area contributed by atoms with Crippen LogP contribution < -0.4 is 10.5 Å². The maximum absolute atomic E-state index is 12.9. The standard InChI is InChI=1S/C19H22N6O2S/c26-17(24-9-7-23(8-10-24)16-5-2-6-20-22-16)11-13-12-28-19-21-15-4-1-3-14(15)18(27)25(13)19/h2,5-6,13H,1,3-4,7-12H2. The first-order chi connectivity index (χ1) is 13.7. The molecule has 2 aliphatic heterocycles. The lowest BCUT2D eigenvalue weighted by Gasteiger charge is -2.35. The number of thioether (sulfide) groups is 1. The highest BCUT2D eigenvalue weighted by atomic mass is 32.2. The summed E-state index contributed by atoms with van der Waals surface area (Å²) in [6.07, 6.45) is 4.75. The van der Waals surface area contributed by atoms with Crippen LogP contribution in [0.1, 0.15) is 30.1 Å². The number of carbonyl (C=O) groups is 1. The molecule has 1 aliphatic carbocycles. The van der Waals surface area contributed by atoms with Crippen molar-refractivity contribution in [2.45, 2.75) is 36.9 Å². The third kappa shape index (κ3) is 3.07. The molecular formula is C19H22N6O2S. The van der Waals surface area contributed by atoms with Gasteiger partial charge in [0.05, 0.1) is 11.7 Å². The zero-order valence-corrected chi connectivity index (χ0v) is 16.4. The van der Waals surface area contributed by atoms with Gasteiger partial charge in [-0.3, -0.25) is 14.2 Å². The molecule has 2 aromatic heterocycles.